The summed E-state index contributed by atoms with van der Waals surface area (Å²) < 4.78 is 16.3. The molecule has 31 heavy (non-hydrogen) atoms. The van der Waals surface area contributed by atoms with E-state index in [0.717, 1.165) is 29.1 Å². The largest absolute Gasteiger partial charge is 0.504 e. The van der Waals surface area contributed by atoms with E-state index in [-0.39, 0.29) is 29.4 Å². The summed E-state index contributed by atoms with van der Waals surface area (Å²) in [5.41, 5.74) is 1.99. The number of methoxy groups -OCH3 is 1. The van der Waals surface area contributed by atoms with Crippen molar-refractivity contribution >= 4 is 28.6 Å². The number of phenolic OH excluding ortho intramolecular Hbond substituents is 1. The van der Waals surface area contributed by atoms with Crippen molar-refractivity contribution in [3.05, 3.63) is 64.2 Å². The Balaban J connectivity index is 1.47. The van der Waals surface area contributed by atoms with E-state index in [0.29, 0.717) is 11.5 Å². The number of fused-ring (bicyclic) bond motifs is 2. The minimum Gasteiger partial charge on any atom is -0.504 e. The molecule has 0 bridgehead atoms. The van der Waals surface area contributed by atoms with Gasteiger partial charge in [0.05, 0.1) is 24.3 Å². The Bertz CT molecular complexity index is 1210. The Morgan fingerprint density at radius 3 is 2.65 bits per heavy atom. The third kappa shape index (κ3) is 4.04. The summed E-state index contributed by atoms with van der Waals surface area (Å²) in [5, 5.41) is 26.8. The van der Waals surface area contributed by atoms with Gasteiger partial charge in [-0.25, -0.2) is 5.43 Å². The lowest BCUT2D eigenvalue weighted by Crippen LogP contribution is -2.42. The van der Waals surface area contributed by atoms with Crippen molar-refractivity contribution in [1.29, 1.82) is 0 Å². The predicted molar refractivity (Wildman–Crippen MR) is 111 cm³/mol. The SMILES string of the molecule is COc1cc([N+](=O)[O-])cc(/C=N/NC(=O)[C@@H]2COc3cc4ccccc4cc3O2)c1O. The van der Waals surface area contributed by atoms with E-state index in [1.807, 2.05) is 30.3 Å². The number of phenols is 1. The Morgan fingerprint density at radius 2 is 1.97 bits per heavy atom. The summed E-state index contributed by atoms with van der Waals surface area (Å²) in [5.74, 6) is -0.0269. The maximum atomic E-state index is 12.4. The number of non-ortho nitro benzene ring substituents is 1. The van der Waals surface area contributed by atoms with Gasteiger partial charge in [-0.1, -0.05) is 24.3 Å². The first kappa shape index (κ1) is 20.0. The molecule has 1 heterocycles. The lowest BCUT2D eigenvalue weighted by atomic mass is 10.1. The fourth-order valence-electron chi connectivity index (χ4n) is 3.10. The van der Waals surface area contributed by atoms with E-state index in [1.54, 1.807) is 6.07 Å². The molecule has 10 nitrogen and oxygen atoms in total. The van der Waals surface area contributed by atoms with Crippen molar-refractivity contribution in [2.45, 2.75) is 6.10 Å². The van der Waals surface area contributed by atoms with Gasteiger partial charge in [0.25, 0.3) is 11.6 Å². The fraction of sp³-hybridized carbons (Fsp3) is 0.143. The molecule has 1 aliphatic rings. The van der Waals surface area contributed by atoms with Crippen LogP contribution in [0.25, 0.3) is 10.8 Å². The van der Waals surface area contributed by atoms with E-state index in [4.69, 9.17) is 14.2 Å². The molecule has 4 rings (SSSR count). The van der Waals surface area contributed by atoms with Gasteiger partial charge in [-0.2, -0.15) is 5.10 Å². The molecule has 1 atom stereocenters. The highest BCUT2D eigenvalue weighted by Gasteiger charge is 2.27. The highest BCUT2D eigenvalue weighted by Crippen LogP contribution is 2.36. The van der Waals surface area contributed by atoms with Crippen LogP contribution in [-0.2, 0) is 4.79 Å². The van der Waals surface area contributed by atoms with E-state index >= 15 is 0 Å². The maximum Gasteiger partial charge on any atom is 0.284 e. The molecule has 158 valence electrons. The smallest absolute Gasteiger partial charge is 0.284 e. The van der Waals surface area contributed by atoms with Crippen molar-refractivity contribution in [2.24, 2.45) is 5.10 Å². The number of ether oxygens (including phenoxy) is 3. The zero-order valence-electron chi connectivity index (χ0n) is 16.3. The number of hydrogen-bond acceptors (Lipinski definition) is 8. The van der Waals surface area contributed by atoms with E-state index in [9.17, 15) is 20.0 Å². The third-order valence-electron chi connectivity index (χ3n) is 4.66. The monoisotopic (exact) mass is 423 g/mol. The number of hydrogen-bond donors (Lipinski definition) is 2. The van der Waals surface area contributed by atoms with Gasteiger partial charge < -0.3 is 19.3 Å². The summed E-state index contributed by atoms with van der Waals surface area (Å²) in [6.07, 6.45) is 0.132. The Morgan fingerprint density at radius 1 is 1.26 bits per heavy atom. The standard InChI is InChI=1S/C21H17N3O7/c1-29-18-9-15(24(27)28)6-14(20(18)25)10-22-23-21(26)19-11-30-16-7-12-4-2-3-5-13(12)8-17(16)31-19/h2-10,19,25H,11H2,1H3,(H,23,26)/b22-10+/t19-/m0/s1. The minimum absolute atomic E-state index is 0.00368. The Kier molecular flexibility index (Phi) is 5.27. The van der Waals surface area contributed by atoms with Gasteiger partial charge in [-0.15, -0.1) is 0 Å². The van der Waals surface area contributed by atoms with Crippen LogP contribution in [0.4, 0.5) is 5.69 Å². The normalized spacial score (nSPS) is 15.1. The molecule has 3 aromatic carbocycles. The van der Waals surface area contributed by atoms with E-state index in [2.05, 4.69) is 10.5 Å². The fourth-order valence-corrected chi connectivity index (χ4v) is 3.10. The number of carbonyl (C=O) groups excluding carboxylic acids is 1. The average molecular weight is 423 g/mol. The van der Waals surface area contributed by atoms with E-state index in [1.165, 1.54) is 7.11 Å². The molecular weight excluding hydrogens is 406 g/mol. The molecule has 1 aliphatic heterocycles. The zero-order valence-corrected chi connectivity index (χ0v) is 16.3. The van der Waals surface area contributed by atoms with Gasteiger partial charge >= 0.3 is 0 Å². The molecule has 0 unspecified atom stereocenters. The molecule has 0 saturated heterocycles. The Hall–Kier alpha value is -4.34. The van der Waals surface area contributed by atoms with Crippen LogP contribution in [0.5, 0.6) is 23.0 Å². The van der Waals surface area contributed by atoms with Crippen LogP contribution in [0, 0.1) is 10.1 Å². The highest BCUT2D eigenvalue weighted by atomic mass is 16.6. The van der Waals surface area contributed by atoms with Crippen LogP contribution >= 0.6 is 0 Å². The van der Waals surface area contributed by atoms with Gasteiger partial charge in [-0.3, -0.25) is 14.9 Å². The molecule has 1 amide bonds. The maximum absolute atomic E-state index is 12.4. The van der Waals surface area contributed by atoms with Crippen LogP contribution in [0.2, 0.25) is 0 Å². The first-order chi connectivity index (χ1) is 15.0. The molecule has 10 heteroatoms. The summed E-state index contributed by atoms with van der Waals surface area (Å²) in [6.45, 7) is -0.0113. The number of benzene rings is 3. The van der Waals surface area contributed by atoms with Gasteiger partial charge in [-0.05, 0) is 22.9 Å². The highest BCUT2D eigenvalue weighted by molar-refractivity contribution is 5.89. The number of rotatable bonds is 5. The van der Waals surface area contributed by atoms with Gasteiger partial charge in [0, 0.05) is 11.6 Å². The summed E-state index contributed by atoms with van der Waals surface area (Å²) in [6, 6.07) is 13.5. The number of nitrogens with zero attached hydrogens (tertiary/aromatic N) is 2. The van der Waals surface area contributed by atoms with Crippen LogP contribution in [0.15, 0.2) is 53.6 Å². The van der Waals surface area contributed by atoms with Gasteiger partial charge in [0.15, 0.2) is 23.0 Å². The van der Waals surface area contributed by atoms with Crippen LogP contribution in [0.3, 0.4) is 0 Å². The first-order valence-corrected chi connectivity index (χ1v) is 9.17. The van der Waals surface area contributed by atoms with Crippen LogP contribution in [-0.4, -0.2) is 42.0 Å². The number of nitro benzene ring substituents is 1. The lowest BCUT2D eigenvalue weighted by molar-refractivity contribution is -0.385. The minimum atomic E-state index is -0.945. The number of hydrazone groups is 1. The quantitative estimate of drug-likeness (QED) is 0.366. The number of nitro groups is 1. The summed E-state index contributed by atoms with van der Waals surface area (Å²) in [4.78, 5) is 22.8. The molecule has 3 aromatic rings. The second-order valence-electron chi connectivity index (χ2n) is 6.64. The van der Waals surface area contributed by atoms with Crippen LogP contribution < -0.4 is 19.6 Å². The molecule has 0 radical (unpaired) electrons. The average Bonchev–Trinajstić information content (AvgIpc) is 2.78. The number of amides is 1. The first-order valence-electron chi connectivity index (χ1n) is 9.17. The zero-order chi connectivity index (χ0) is 22.0. The van der Waals surface area contributed by atoms with Crippen LogP contribution in [0.1, 0.15) is 5.56 Å². The molecule has 0 spiro atoms. The van der Waals surface area contributed by atoms with Crippen molar-refractivity contribution in [1.82, 2.24) is 5.43 Å². The second-order valence-corrected chi connectivity index (χ2v) is 6.64. The van der Waals surface area contributed by atoms with Gasteiger partial charge in [0.1, 0.15) is 6.61 Å². The van der Waals surface area contributed by atoms with E-state index < -0.39 is 16.9 Å². The third-order valence-corrected chi connectivity index (χ3v) is 4.66. The molecule has 0 aliphatic carbocycles. The van der Waals surface area contributed by atoms with Crippen molar-refractivity contribution in [2.75, 3.05) is 13.7 Å². The molecule has 0 fully saturated rings. The summed E-state index contributed by atoms with van der Waals surface area (Å²) >= 11 is 0. The summed E-state index contributed by atoms with van der Waals surface area (Å²) in [7, 11) is 1.27. The van der Waals surface area contributed by atoms with Crippen molar-refractivity contribution in [3.63, 3.8) is 0 Å². The van der Waals surface area contributed by atoms with Crippen molar-refractivity contribution < 1.29 is 29.0 Å². The molecular formula is C21H17N3O7. The predicted octanol–water partition coefficient (Wildman–Crippen LogP) is 2.75. The van der Waals surface area contributed by atoms with Gasteiger partial charge in [0.2, 0.25) is 6.10 Å². The molecule has 2 N–H and O–H groups in total. The number of carbonyl (C=O) groups is 1. The number of nitrogens with one attached hydrogen (secondary N) is 1. The van der Waals surface area contributed by atoms with Crippen molar-refractivity contribution in [3.8, 4) is 23.0 Å². The Labute approximate surface area is 175 Å². The topological polar surface area (TPSA) is 133 Å². The number of aromatic hydroxyl groups is 1. The second kappa shape index (κ2) is 8.19. The molecule has 0 saturated carbocycles. The lowest BCUT2D eigenvalue weighted by Gasteiger charge is -2.25. The molecule has 0 aromatic heterocycles.